The number of rotatable bonds is 11. The fourth-order valence-electron chi connectivity index (χ4n) is 3.83. The van der Waals surface area contributed by atoms with Gasteiger partial charge in [-0.1, -0.05) is 30.3 Å². The fraction of sp³-hybridized carbons (Fsp3) is 0.185. The van der Waals surface area contributed by atoms with E-state index >= 15 is 0 Å². The summed E-state index contributed by atoms with van der Waals surface area (Å²) >= 11 is 0. The summed E-state index contributed by atoms with van der Waals surface area (Å²) in [5.41, 5.74) is 2.32. The second-order valence-electron chi connectivity index (χ2n) is 8.44. The second-order valence-corrected chi connectivity index (χ2v) is 10.4. The van der Waals surface area contributed by atoms with Gasteiger partial charge in [-0.2, -0.15) is 0 Å². The Morgan fingerprint density at radius 1 is 1.00 bits per heavy atom. The number of H-pyrrole nitrogens is 1. The zero-order chi connectivity index (χ0) is 26.4. The van der Waals surface area contributed by atoms with Crippen molar-refractivity contribution in [1.29, 1.82) is 0 Å². The summed E-state index contributed by atoms with van der Waals surface area (Å²) in [5.74, 6) is -1.28. The number of ether oxygens (including phenoxy) is 1. The highest BCUT2D eigenvalue weighted by atomic mass is 32.2. The minimum Gasteiger partial charge on any atom is -0.494 e. The van der Waals surface area contributed by atoms with E-state index < -0.39 is 21.7 Å². The number of benzene rings is 3. The van der Waals surface area contributed by atoms with Crippen LogP contribution in [0.4, 0.5) is 5.69 Å². The van der Waals surface area contributed by atoms with Crippen LogP contribution in [0.3, 0.4) is 0 Å². The number of amides is 1. The summed E-state index contributed by atoms with van der Waals surface area (Å²) in [6.07, 6.45) is 0.568. The number of carbonyl (C=O) groups is 2. The molecule has 192 valence electrons. The fourth-order valence-corrected chi connectivity index (χ4v) is 4.88. The number of carboxylic acids is 1. The van der Waals surface area contributed by atoms with Gasteiger partial charge in [0.2, 0.25) is 0 Å². The number of aromatic amines is 1. The van der Waals surface area contributed by atoms with Gasteiger partial charge in [-0.25, -0.2) is 13.2 Å². The number of hydrogen-bond donors (Lipinski definition) is 4. The predicted octanol–water partition coefficient (Wildman–Crippen LogP) is 4.22. The molecule has 0 spiro atoms. The molecule has 4 aromatic rings. The van der Waals surface area contributed by atoms with Gasteiger partial charge in [-0.05, 0) is 61.4 Å². The van der Waals surface area contributed by atoms with Gasteiger partial charge < -0.3 is 25.5 Å². The van der Waals surface area contributed by atoms with Gasteiger partial charge in [0.1, 0.15) is 17.3 Å². The lowest BCUT2D eigenvalue weighted by atomic mass is 10.1. The third-order valence-electron chi connectivity index (χ3n) is 5.78. The van der Waals surface area contributed by atoms with E-state index in [1.807, 2.05) is 24.3 Å². The molecule has 4 N–H and O–H groups in total. The average molecular weight is 522 g/mol. The maximum atomic E-state index is 12.8. The van der Waals surface area contributed by atoms with Crippen LogP contribution in [0.1, 0.15) is 32.8 Å². The van der Waals surface area contributed by atoms with E-state index in [2.05, 4.69) is 15.6 Å². The molecule has 0 atom stereocenters. The number of aryl methyl sites for hydroxylation is 1. The van der Waals surface area contributed by atoms with Crippen molar-refractivity contribution in [3.63, 3.8) is 0 Å². The Morgan fingerprint density at radius 3 is 2.49 bits per heavy atom. The molecular weight excluding hydrogens is 494 g/mol. The van der Waals surface area contributed by atoms with Gasteiger partial charge in [0.05, 0.1) is 22.8 Å². The lowest BCUT2D eigenvalue weighted by Crippen LogP contribution is -2.25. The van der Waals surface area contributed by atoms with Gasteiger partial charge in [0.15, 0.2) is 9.84 Å². The molecule has 0 bridgehead atoms. The molecule has 37 heavy (non-hydrogen) atoms. The Labute approximate surface area is 214 Å². The zero-order valence-corrected chi connectivity index (χ0v) is 21.0. The van der Waals surface area contributed by atoms with Crippen LogP contribution in [0.5, 0.6) is 5.75 Å². The first kappa shape index (κ1) is 25.8. The molecule has 0 radical (unpaired) electrons. The number of fused-ring (bicyclic) bond motifs is 1. The van der Waals surface area contributed by atoms with Crippen molar-refractivity contribution in [2.75, 3.05) is 24.3 Å². The Kier molecular flexibility index (Phi) is 7.78. The SMILES string of the molecule is Cc1cccc(C(=O)O)c1NCS(=O)(=O)c1ccc(OCCCNC(=O)c2cc3ccccc3[nH]2)cc1. The molecule has 0 fully saturated rings. The first-order valence-electron chi connectivity index (χ1n) is 11.6. The predicted molar refractivity (Wildman–Crippen MR) is 141 cm³/mol. The first-order chi connectivity index (χ1) is 17.7. The molecule has 0 aliphatic rings. The molecule has 1 heterocycles. The molecule has 0 saturated carbocycles. The number of carboxylic acid groups (broad SMARTS) is 1. The number of sulfone groups is 1. The monoisotopic (exact) mass is 521 g/mol. The van der Waals surface area contributed by atoms with Crippen LogP contribution in [-0.2, 0) is 9.84 Å². The van der Waals surface area contributed by atoms with E-state index in [9.17, 15) is 23.1 Å². The highest BCUT2D eigenvalue weighted by Gasteiger charge is 2.18. The Morgan fingerprint density at radius 2 is 1.76 bits per heavy atom. The average Bonchev–Trinajstić information content (AvgIpc) is 3.32. The minimum atomic E-state index is -3.72. The number of carbonyl (C=O) groups excluding carboxylic acids is 1. The van der Waals surface area contributed by atoms with E-state index in [0.29, 0.717) is 36.6 Å². The summed E-state index contributed by atoms with van der Waals surface area (Å²) in [7, 11) is -3.72. The highest BCUT2D eigenvalue weighted by molar-refractivity contribution is 7.91. The van der Waals surface area contributed by atoms with Crippen LogP contribution in [0, 0.1) is 6.92 Å². The maximum Gasteiger partial charge on any atom is 0.337 e. The maximum absolute atomic E-state index is 12.8. The van der Waals surface area contributed by atoms with Crippen molar-refractivity contribution >= 4 is 38.3 Å². The van der Waals surface area contributed by atoms with Crippen molar-refractivity contribution in [2.24, 2.45) is 0 Å². The van der Waals surface area contributed by atoms with Crippen molar-refractivity contribution in [3.05, 3.63) is 89.6 Å². The van der Waals surface area contributed by atoms with Gasteiger partial charge in [0, 0.05) is 17.4 Å². The number of hydrogen-bond acceptors (Lipinski definition) is 6. The van der Waals surface area contributed by atoms with Crippen molar-refractivity contribution in [1.82, 2.24) is 10.3 Å². The molecule has 0 aliphatic heterocycles. The summed E-state index contributed by atoms with van der Waals surface area (Å²) in [6.45, 7) is 2.47. The van der Waals surface area contributed by atoms with Gasteiger partial charge in [-0.3, -0.25) is 4.79 Å². The van der Waals surface area contributed by atoms with Crippen LogP contribution >= 0.6 is 0 Å². The molecule has 0 unspecified atom stereocenters. The minimum absolute atomic E-state index is 0.0106. The van der Waals surface area contributed by atoms with Crippen molar-refractivity contribution in [3.8, 4) is 5.75 Å². The largest absolute Gasteiger partial charge is 0.494 e. The van der Waals surface area contributed by atoms with Gasteiger partial charge in [0.25, 0.3) is 5.91 Å². The molecule has 9 nitrogen and oxygen atoms in total. The quantitative estimate of drug-likeness (QED) is 0.217. The van der Waals surface area contributed by atoms with Crippen LogP contribution in [0.15, 0.2) is 77.7 Å². The van der Waals surface area contributed by atoms with Crippen LogP contribution in [0.2, 0.25) is 0 Å². The number of aromatic nitrogens is 1. The van der Waals surface area contributed by atoms with Gasteiger partial charge in [-0.15, -0.1) is 0 Å². The number of para-hydroxylation sites is 2. The number of aromatic carboxylic acids is 1. The Hall–Kier alpha value is -4.31. The van der Waals surface area contributed by atoms with Crippen molar-refractivity contribution in [2.45, 2.75) is 18.2 Å². The smallest absolute Gasteiger partial charge is 0.337 e. The molecule has 3 aromatic carbocycles. The van der Waals surface area contributed by atoms with Crippen LogP contribution < -0.4 is 15.4 Å². The zero-order valence-electron chi connectivity index (χ0n) is 20.2. The van der Waals surface area contributed by atoms with E-state index in [-0.39, 0.29) is 22.1 Å². The molecule has 1 aromatic heterocycles. The molecule has 0 saturated heterocycles. The summed E-state index contributed by atoms with van der Waals surface area (Å²) in [5, 5.41) is 15.9. The topological polar surface area (TPSA) is 138 Å². The summed E-state index contributed by atoms with van der Waals surface area (Å²) < 4.78 is 31.2. The Bertz CT molecular complexity index is 1490. The third kappa shape index (κ3) is 6.28. The molecule has 10 heteroatoms. The first-order valence-corrected chi connectivity index (χ1v) is 13.3. The number of nitrogens with one attached hydrogen (secondary N) is 3. The van der Waals surface area contributed by atoms with E-state index in [0.717, 1.165) is 10.9 Å². The third-order valence-corrected chi connectivity index (χ3v) is 7.29. The standard InChI is InChI=1S/C27H27N3O6S/c1-18-6-4-8-22(27(32)33)25(18)29-17-37(34,35)21-12-10-20(11-13-21)36-15-5-14-28-26(31)24-16-19-7-2-3-9-23(19)30-24/h2-4,6-13,16,29-30H,5,14-15,17H2,1H3,(H,28,31)(H,32,33). The molecule has 1 amide bonds. The normalized spacial score (nSPS) is 11.3. The van der Waals surface area contributed by atoms with Crippen LogP contribution in [-0.4, -0.2) is 49.4 Å². The second kappa shape index (κ2) is 11.2. The van der Waals surface area contributed by atoms with Gasteiger partial charge >= 0.3 is 5.97 Å². The molecular formula is C27H27N3O6S. The highest BCUT2D eigenvalue weighted by Crippen LogP contribution is 2.23. The van der Waals surface area contributed by atoms with E-state index in [1.165, 1.54) is 18.2 Å². The van der Waals surface area contributed by atoms with Crippen LogP contribution in [0.25, 0.3) is 10.9 Å². The number of anilines is 1. The molecule has 4 rings (SSSR count). The lowest BCUT2D eigenvalue weighted by molar-refractivity contribution is 0.0697. The van der Waals surface area contributed by atoms with Crippen molar-refractivity contribution < 1.29 is 27.9 Å². The lowest BCUT2D eigenvalue weighted by Gasteiger charge is -2.13. The van der Waals surface area contributed by atoms with E-state index in [1.54, 1.807) is 37.3 Å². The van der Waals surface area contributed by atoms with E-state index in [4.69, 9.17) is 4.74 Å². The Balaban J connectivity index is 1.25. The summed E-state index contributed by atoms with van der Waals surface area (Å²) in [6, 6.07) is 20.2. The summed E-state index contributed by atoms with van der Waals surface area (Å²) in [4.78, 5) is 26.9. The molecule has 0 aliphatic carbocycles.